The van der Waals surface area contributed by atoms with Crippen molar-refractivity contribution in [3.63, 3.8) is 0 Å². The first-order valence-corrected chi connectivity index (χ1v) is 8.06. The summed E-state index contributed by atoms with van der Waals surface area (Å²) in [7, 11) is 0. The summed E-state index contributed by atoms with van der Waals surface area (Å²) < 4.78 is 0. The molecule has 1 saturated heterocycles. The second-order valence-corrected chi connectivity index (χ2v) is 6.91. The van der Waals surface area contributed by atoms with Crippen LogP contribution in [-0.4, -0.2) is 29.9 Å². The summed E-state index contributed by atoms with van der Waals surface area (Å²) >= 11 is 3.68. The Morgan fingerprint density at radius 2 is 2.00 bits per heavy atom. The molecule has 1 aliphatic rings. The van der Waals surface area contributed by atoms with Gasteiger partial charge in [-0.1, -0.05) is 60.1 Å². The van der Waals surface area contributed by atoms with Crippen molar-refractivity contribution in [1.82, 2.24) is 4.90 Å². The number of hydrogen-bond donors (Lipinski definition) is 0. The van der Waals surface area contributed by atoms with Gasteiger partial charge in [0.15, 0.2) is 0 Å². The van der Waals surface area contributed by atoms with E-state index >= 15 is 0 Å². The Morgan fingerprint density at radius 1 is 1.28 bits per heavy atom. The van der Waals surface area contributed by atoms with Crippen LogP contribution in [0.4, 0.5) is 0 Å². The minimum atomic E-state index is 0.492. The Morgan fingerprint density at radius 3 is 2.61 bits per heavy atom. The van der Waals surface area contributed by atoms with Gasteiger partial charge in [0.2, 0.25) is 0 Å². The molecular weight excluding hydrogens is 286 g/mol. The van der Waals surface area contributed by atoms with Crippen molar-refractivity contribution in [2.24, 2.45) is 5.41 Å². The zero-order valence-corrected chi connectivity index (χ0v) is 13.1. The average molecular weight is 310 g/mol. The molecule has 1 aromatic rings. The summed E-state index contributed by atoms with van der Waals surface area (Å²) in [5.41, 5.74) is 1.95. The molecule has 1 fully saturated rings. The molecule has 100 valence electrons. The Kier molecular flexibility index (Phi) is 4.85. The second-order valence-electron chi connectivity index (χ2n) is 6.26. The molecule has 1 heterocycles. The lowest BCUT2D eigenvalue weighted by atomic mass is 9.83. The summed E-state index contributed by atoms with van der Waals surface area (Å²) in [5, 5.41) is 1.05. The lowest BCUT2D eigenvalue weighted by molar-refractivity contribution is 0.113. The zero-order chi connectivity index (χ0) is 13.0. The molecule has 2 heteroatoms. The van der Waals surface area contributed by atoms with E-state index in [-0.39, 0.29) is 0 Å². The van der Waals surface area contributed by atoms with Gasteiger partial charge in [-0.2, -0.15) is 0 Å². The van der Waals surface area contributed by atoms with Crippen LogP contribution in [0.25, 0.3) is 0 Å². The first kappa shape index (κ1) is 14.1. The van der Waals surface area contributed by atoms with E-state index in [1.165, 1.54) is 38.0 Å². The van der Waals surface area contributed by atoms with E-state index in [1.807, 2.05) is 0 Å². The van der Waals surface area contributed by atoms with Crippen LogP contribution in [0.15, 0.2) is 30.3 Å². The van der Waals surface area contributed by atoms with Gasteiger partial charge in [-0.05, 0) is 30.4 Å². The first-order chi connectivity index (χ1) is 8.61. The van der Waals surface area contributed by atoms with Crippen LogP contribution in [0.2, 0.25) is 0 Å². The molecule has 0 aromatic heterocycles. The molecule has 0 saturated carbocycles. The Labute approximate surface area is 120 Å². The number of alkyl halides is 1. The molecule has 0 N–H and O–H groups in total. The summed E-state index contributed by atoms with van der Waals surface area (Å²) in [6.07, 6.45) is 2.71. The lowest BCUT2D eigenvalue weighted by Gasteiger charge is -2.39. The van der Waals surface area contributed by atoms with Crippen molar-refractivity contribution < 1.29 is 0 Å². The van der Waals surface area contributed by atoms with Gasteiger partial charge in [0.1, 0.15) is 0 Å². The molecular formula is C16H24BrN. The van der Waals surface area contributed by atoms with Gasteiger partial charge in [-0.25, -0.2) is 0 Å². The van der Waals surface area contributed by atoms with Gasteiger partial charge < -0.3 is 4.90 Å². The Balaban J connectivity index is 1.98. The highest BCUT2D eigenvalue weighted by Gasteiger charge is 2.27. The first-order valence-electron chi connectivity index (χ1n) is 6.94. The van der Waals surface area contributed by atoms with Crippen LogP contribution < -0.4 is 0 Å². The smallest absolute Gasteiger partial charge is 0.0112 e. The highest BCUT2D eigenvalue weighted by molar-refractivity contribution is 9.09. The van der Waals surface area contributed by atoms with Crippen LogP contribution in [0.1, 0.15) is 38.2 Å². The molecule has 0 spiro atoms. The monoisotopic (exact) mass is 309 g/mol. The third kappa shape index (κ3) is 3.83. The Bertz CT molecular complexity index is 361. The van der Waals surface area contributed by atoms with Crippen molar-refractivity contribution in [2.75, 3.05) is 25.0 Å². The number of halogens is 1. The molecule has 0 bridgehead atoms. The zero-order valence-electron chi connectivity index (χ0n) is 11.5. The number of piperidine rings is 1. The fourth-order valence-corrected chi connectivity index (χ4v) is 3.56. The summed E-state index contributed by atoms with van der Waals surface area (Å²) in [6.45, 7) is 8.47. The molecule has 1 aromatic carbocycles. The van der Waals surface area contributed by atoms with Crippen LogP contribution in [0.3, 0.4) is 0 Å². The van der Waals surface area contributed by atoms with Crippen molar-refractivity contribution in [2.45, 2.75) is 32.6 Å². The van der Waals surface area contributed by atoms with Gasteiger partial charge in [0, 0.05) is 24.3 Å². The van der Waals surface area contributed by atoms with E-state index in [4.69, 9.17) is 0 Å². The van der Waals surface area contributed by atoms with E-state index in [1.54, 1.807) is 0 Å². The van der Waals surface area contributed by atoms with Crippen molar-refractivity contribution in [3.8, 4) is 0 Å². The van der Waals surface area contributed by atoms with Crippen LogP contribution in [0, 0.1) is 5.41 Å². The SMILES string of the molecule is CC1(C)CCCN(CC(CBr)c2ccccc2)C1. The number of rotatable bonds is 4. The van der Waals surface area contributed by atoms with E-state index in [0.29, 0.717) is 11.3 Å². The molecule has 2 rings (SSSR count). The van der Waals surface area contributed by atoms with Gasteiger partial charge in [0.05, 0.1) is 0 Å². The van der Waals surface area contributed by atoms with Crippen LogP contribution >= 0.6 is 15.9 Å². The van der Waals surface area contributed by atoms with Crippen LogP contribution in [-0.2, 0) is 0 Å². The number of hydrogen-bond acceptors (Lipinski definition) is 1. The van der Waals surface area contributed by atoms with E-state index in [2.05, 4.69) is 65.0 Å². The largest absolute Gasteiger partial charge is 0.302 e. The summed E-state index contributed by atoms with van der Waals surface area (Å²) in [5.74, 6) is 0.611. The number of benzene rings is 1. The maximum absolute atomic E-state index is 3.68. The Hall–Kier alpha value is -0.340. The highest BCUT2D eigenvalue weighted by atomic mass is 79.9. The predicted molar refractivity (Wildman–Crippen MR) is 82.4 cm³/mol. The van der Waals surface area contributed by atoms with Crippen molar-refractivity contribution >= 4 is 15.9 Å². The van der Waals surface area contributed by atoms with Crippen LogP contribution in [0.5, 0.6) is 0 Å². The normalized spacial score (nSPS) is 21.7. The minimum absolute atomic E-state index is 0.492. The fourth-order valence-electron chi connectivity index (χ4n) is 2.98. The molecule has 1 aliphatic heterocycles. The number of nitrogens with zero attached hydrogens (tertiary/aromatic N) is 1. The number of likely N-dealkylation sites (tertiary alicyclic amines) is 1. The average Bonchev–Trinajstić information content (AvgIpc) is 2.36. The van der Waals surface area contributed by atoms with Crippen molar-refractivity contribution in [1.29, 1.82) is 0 Å². The lowest BCUT2D eigenvalue weighted by Crippen LogP contribution is -2.42. The van der Waals surface area contributed by atoms with E-state index in [9.17, 15) is 0 Å². The molecule has 0 radical (unpaired) electrons. The fraction of sp³-hybridized carbons (Fsp3) is 0.625. The molecule has 1 atom stereocenters. The summed E-state index contributed by atoms with van der Waals surface area (Å²) in [6, 6.07) is 10.9. The van der Waals surface area contributed by atoms with E-state index < -0.39 is 0 Å². The third-order valence-corrected chi connectivity index (χ3v) is 4.70. The highest BCUT2D eigenvalue weighted by Crippen LogP contribution is 2.30. The van der Waals surface area contributed by atoms with Gasteiger partial charge in [-0.15, -0.1) is 0 Å². The van der Waals surface area contributed by atoms with Gasteiger partial charge in [-0.3, -0.25) is 0 Å². The maximum atomic E-state index is 3.68. The standard InChI is InChI=1S/C16H24BrN/c1-16(2)9-6-10-18(13-16)12-15(11-17)14-7-4-3-5-8-14/h3-5,7-8,15H,6,9-13H2,1-2H3. The summed E-state index contributed by atoms with van der Waals surface area (Å²) in [4.78, 5) is 2.64. The topological polar surface area (TPSA) is 3.24 Å². The second kappa shape index (κ2) is 6.21. The third-order valence-electron chi connectivity index (χ3n) is 3.92. The quantitative estimate of drug-likeness (QED) is 0.750. The molecule has 0 amide bonds. The van der Waals surface area contributed by atoms with Gasteiger partial charge >= 0.3 is 0 Å². The molecule has 1 nitrogen and oxygen atoms in total. The van der Waals surface area contributed by atoms with E-state index in [0.717, 1.165) is 5.33 Å². The predicted octanol–water partition coefficient (Wildman–Crippen LogP) is 4.29. The van der Waals surface area contributed by atoms with Crippen molar-refractivity contribution in [3.05, 3.63) is 35.9 Å². The maximum Gasteiger partial charge on any atom is 0.0112 e. The molecule has 18 heavy (non-hydrogen) atoms. The van der Waals surface area contributed by atoms with Gasteiger partial charge in [0.25, 0.3) is 0 Å². The molecule has 1 unspecified atom stereocenters. The minimum Gasteiger partial charge on any atom is -0.302 e. The molecule has 0 aliphatic carbocycles.